The quantitative estimate of drug-likeness (QED) is 0.857. The molecule has 2 aliphatic heterocycles. The summed E-state index contributed by atoms with van der Waals surface area (Å²) >= 11 is 0. The number of Topliss-reactive ketones (excluding diaryl/α,β-unsaturated/α-hetero) is 1. The first-order valence-corrected chi connectivity index (χ1v) is 7.75. The smallest absolute Gasteiger partial charge is 0.159 e. The highest BCUT2D eigenvalue weighted by molar-refractivity contribution is 5.94. The first-order valence-electron chi connectivity index (χ1n) is 7.75. The Labute approximate surface area is 121 Å². The van der Waals surface area contributed by atoms with Gasteiger partial charge in [-0.05, 0) is 50.2 Å². The standard InChI is InChI=1S/C17H24N2O/c1-12(20)13-3-2-4-14(9-13)15-10-16-5-6-17(11-15)19(16)8-7-18/h2-4,9,15-17H,5-8,10-11,18H2,1H3/t15?,16-,17+. The minimum Gasteiger partial charge on any atom is -0.329 e. The number of ketones is 1. The fourth-order valence-electron chi connectivity index (χ4n) is 4.07. The number of rotatable bonds is 4. The Balaban J connectivity index is 1.77. The van der Waals surface area contributed by atoms with E-state index in [1.807, 2.05) is 12.1 Å². The van der Waals surface area contributed by atoms with E-state index in [4.69, 9.17) is 5.73 Å². The number of fused-ring (bicyclic) bond motifs is 2. The number of benzene rings is 1. The Morgan fingerprint density at radius 2 is 2.00 bits per heavy atom. The SMILES string of the molecule is CC(=O)c1cccc(C2C[C@H]3CC[C@@H](C2)N3CCN)c1. The zero-order chi connectivity index (χ0) is 14.1. The summed E-state index contributed by atoms with van der Waals surface area (Å²) in [5, 5.41) is 0. The number of nitrogens with zero attached hydrogens (tertiary/aromatic N) is 1. The molecule has 0 saturated carbocycles. The van der Waals surface area contributed by atoms with Crippen molar-refractivity contribution in [3.05, 3.63) is 35.4 Å². The zero-order valence-electron chi connectivity index (χ0n) is 12.2. The third kappa shape index (κ3) is 2.52. The van der Waals surface area contributed by atoms with Crippen LogP contribution in [0.2, 0.25) is 0 Å². The largest absolute Gasteiger partial charge is 0.329 e. The molecule has 1 aromatic rings. The summed E-state index contributed by atoms with van der Waals surface area (Å²) in [6, 6.07) is 9.64. The molecule has 3 nitrogen and oxygen atoms in total. The molecule has 3 heteroatoms. The van der Waals surface area contributed by atoms with Crippen LogP contribution in [0.5, 0.6) is 0 Å². The first-order chi connectivity index (χ1) is 9.69. The third-order valence-corrected chi connectivity index (χ3v) is 5.04. The molecule has 2 bridgehead atoms. The molecule has 0 radical (unpaired) electrons. The Morgan fingerprint density at radius 1 is 1.30 bits per heavy atom. The monoisotopic (exact) mass is 272 g/mol. The molecule has 2 aliphatic rings. The first kappa shape index (κ1) is 13.8. The van der Waals surface area contributed by atoms with Crippen molar-refractivity contribution < 1.29 is 4.79 Å². The Bertz CT molecular complexity index is 486. The zero-order valence-corrected chi connectivity index (χ0v) is 12.2. The second kappa shape index (κ2) is 5.66. The number of piperidine rings is 1. The van der Waals surface area contributed by atoms with E-state index in [1.54, 1.807) is 6.92 Å². The molecule has 0 spiro atoms. The van der Waals surface area contributed by atoms with E-state index in [1.165, 1.54) is 31.2 Å². The van der Waals surface area contributed by atoms with Gasteiger partial charge >= 0.3 is 0 Å². The van der Waals surface area contributed by atoms with Crippen LogP contribution in [0, 0.1) is 0 Å². The summed E-state index contributed by atoms with van der Waals surface area (Å²) in [5.74, 6) is 0.774. The number of carbonyl (C=O) groups excluding carboxylic acids is 1. The van der Waals surface area contributed by atoms with Crippen molar-refractivity contribution in [2.45, 2.75) is 50.6 Å². The van der Waals surface area contributed by atoms with Crippen LogP contribution >= 0.6 is 0 Å². The summed E-state index contributed by atoms with van der Waals surface area (Å²) in [7, 11) is 0. The van der Waals surface area contributed by atoms with Crippen LogP contribution in [0.1, 0.15) is 54.4 Å². The van der Waals surface area contributed by atoms with E-state index in [9.17, 15) is 4.79 Å². The molecule has 0 aliphatic carbocycles. The second-order valence-electron chi connectivity index (χ2n) is 6.26. The van der Waals surface area contributed by atoms with Gasteiger partial charge < -0.3 is 5.73 Å². The van der Waals surface area contributed by atoms with Crippen molar-refractivity contribution in [1.82, 2.24) is 4.90 Å². The lowest BCUT2D eigenvalue weighted by molar-refractivity contribution is 0.101. The molecule has 0 amide bonds. The molecular weight excluding hydrogens is 248 g/mol. The van der Waals surface area contributed by atoms with Gasteiger partial charge in [0.1, 0.15) is 0 Å². The van der Waals surface area contributed by atoms with Gasteiger partial charge in [0.05, 0.1) is 0 Å². The van der Waals surface area contributed by atoms with Crippen LogP contribution < -0.4 is 5.73 Å². The van der Waals surface area contributed by atoms with E-state index in [0.29, 0.717) is 18.0 Å². The fourth-order valence-corrected chi connectivity index (χ4v) is 4.07. The van der Waals surface area contributed by atoms with Crippen molar-refractivity contribution in [3.63, 3.8) is 0 Å². The lowest BCUT2D eigenvalue weighted by Gasteiger charge is -2.39. The summed E-state index contributed by atoms with van der Waals surface area (Å²) in [5.41, 5.74) is 7.93. The highest BCUT2D eigenvalue weighted by Crippen LogP contribution is 2.42. The average molecular weight is 272 g/mol. The average Bonchev–Trinajstić information content (AvgIpc) is 2.70. The van der Waals surface area contributed by atoms with Gasteiger partial charge in [-0.2, -0.15) is 0 Å². The normalized spacial score (nSPS) is 29.6. The molecular formula is C17H24N2O. The van der Waals surface area contributed by atoms with Crippen LogP contribution in [-0.2, 0) is 0 Å². The predicted molar refractivity (Wildman–Crippen MR) is 81.0 cm³/mol. The van der Waals surface area contributed by atoms with E-state index >= 15 is 0 Å². The van der Waals surface area contributed by atoms with Crippen molar-refractivity contribution >= 4 is 5.78 Å². The van der Waals surface area contributed by atoms with Gasteiger partial charge in [-0.25, -0.2) is 0 Å². The maximum absolute atomic E-state index is 11.5. The minimum atomic E-state index is 0.162. The van der Waals surface area contributed by atoms with E-state index in [-0.39, 0.29) is 5.78 Å². The van der Waals surface area contributed by atoms with Crippen molar-refractivity contribution in [1.29, 1.82) is 0 Å². The number of hydrogen-bond acceptors (Lipinski definition) is 3. The summed E-state index contributed by atoms with van der Waals surface area (Å²) in [6.45, 7) is 3.44. The highest BCUT2D eigenvalue weighted by atomic mass is 16.1. The molecule has 2 N–H and O–H groups in total. The summed E-state index contributed by atoms with van der Waals surface area (Å²) in [4.78, 5) is 14.2. The van der Waals surface area contributed by atoms with Crippen molar-refractivity contribution in [2.24, 2.45) is 5.73 Å². The molecule has 3 rings (SSSR count). The highest BCUT2D eigenvalue weighted by Gasteiger charge is 2.40. The van der Waals surface area contributed by atoms with Crippen LogP contribution in [-0.4, -0.2) is 35.9 Å². The molecule has 1 aromatic carbocycles. The Hall–Kier alpha value is -1.19. The van der Waals surface area contributed by atoms with Crippen LogP contribution in [0.4, 0.5) is 0 Å². The summed E-state index contributed by atoms with van der Waals surface area (Å²) in [6.07, 6.45) is 5.07. The van der Waals surface area contributed by atoms with Crippen LogP contribution in [0.15, 0.2) is 24.3 Å². The second-order valence-corrected chi connectivity index (χ2v) is 6.26. The van der Waals surface area contributed by atoms with E-state index < -0.39 is 0 Å². The van der Waals surface area contributed by atoms with Gasteiger partial charge in [-0.1, -0.05) is 18.2 Å². The summed E-state index contributed by atoms with van der Waals surface area (Å²) < 4.78 is 0. The van der Waals surface area contributed by atoms with E-state index in [0.717, 1.165) is 18.7 Å². The molecule has 108 valence electrons. The number of hydrogen-bond donors (Lipinski definition) is 1. The minimum absolute atomic E-state index is 0.162. The lowest BCUT2D eigenvalue weighted by atomic mass is 9.84. The Morgan fingerprint density at radius 3 is 2.60 bits per heavy atom. The lowest BCUT2D eigenvalue weighted by Crippen LogP contribution is -2.44. The third-order valence-electron chi connectivity index (χ3n) is 5.04. The predicted octanol–water partition coefficient (Wildman–Crippen LogP) is 2.56. The molecule has 2 fully saturated rings. The van der Waals surface area contributed by atoms with Crippen LogP contribution in [0.25, 0.3) is 0 Å². The molecule has 3 atom stereocenters. The van der Waals surface area contributed by atoms with Crippen molar-refractivity contribution in [3.8, 4) is 0 Å². The molecule has 1 unspecified atom stereocenters. The fraction of sp³-hybridized carbons (Fsp3) is 0.588. The van der Waals surface area contributed by atoms with Crippen LogP contribution in [0.3, 0.4) is 0 Å². The molecule has 2 heterocycles. The van der Waals surface area contributed by atoms with Gasteiger partial charge in [0, 0.05) is 30.7 Å². The molecule has 0 aromatic heterocycles. The maximum Gasteiger partial charge on any atom is 0.159 e. The topological polar surface area (TPSA) is 46.3 Å². The maximum atomic E-state index is 11.5. The van der Waals surface area contributed by atoms with Gasteiger partial charge in [-0.15, -0.1) is 0 Å². The van der Waals surface area contributed by atoms with Gasteiger partial charge in [0.15, 0.2) is 5.78 Å². The van der Waals surface area contributed by atoms with Gasteiger partial charge in [0.25, 0.3) is 0 Å². The van der Waals surface area contributed by atoms with Gasteiger partial charge in [-0.3, -0.25) is 9.69 Å². The van der Waals surface area contributed by atoms with E-state index in [2.05, 4.69) is 17.0 Å². The Kier molecular flexibility index (Phi) is 3.90. The molecule has 2 saturated heterocycles. The number of nitrogens with two attached hydrogens (primary N) is 1. The molecule has 20 heavy (non-hydrogen) atoms. The van der Waals surface area contributed by atoms with Gasteiger partial charge in [0.2, 0.25) is 0 Å². The van der Waals surface area contributed by atoms with Crippen molar-refractivity contribution in [2.75, 3.05) is 13.1 Å². The number of carbonyl (C=O) groups is 1.